The first-order chi connectivity index (χ1) is 14.7. The van der Waals surface area contributed by atoms with Crippen molar-refractivity contribution >= 4 is 5.78 Å². The fourth-order valence-electron chi connectivity index (χ4n) is 4.37. The standard InChI is InChI=1S/C25H28O6/c1-14(2)5-4-9-25(3)10-8-17-22(31-25)13-20(29)23-19(28)12-21(30-24(17)23)16-7-6-15(26)11-18(16)27/h5-7,11,13,21,26-27,29H,4,8-10,12H2,1-3H3. The van der Waals surface area contributed by atoms with Crippen molar-refractivity contribution < 1.29 is 29.6 Å². The van der Waals surface area contributed by atoms with E-state index in [0.717, 1.165) is 24.8 Å². The molecule has 164 valence electrons. The van der Waals surface area contributed by atoms with Crippen LogP contribution in [0.1, 0.15) is 74.0 Å². The first kappa shape index (κ1) is 21.1. The van der Waals surface area contributed by atoms with Gasteiger partial charge in [0.2, 0.25) is 0 Å². The average Bonchev–Trinajstić information content (AvgIpc) is 2.66. The molecule has 2 unspecified atom stereocenters. The van der Waals surface area contributed by atoms with E-state index in [1.807, 2.05) is 0 Å². The summed E-state index contributed by atoms with van der Waals surface area (Å²) in [5.74, 6) is 0.246. The van der Waals surface area contributed by atoms with Gasteiger partial charge in [0, 0.05) is 23.3 Å². The number of carbonyl (C=O) groups is 1. The number of Topliss-reactive ketones (excluding diaryl/α,β-unsaturated/α-hetero) is 1. The minimum atomic E-state index is -0.711. The summed E-state index contributed by atoms with van der Waals surface area (Å²) >= 11 is 0. The molecule has 2 aliphatic heterocycles. The molecule has 0 spiro atoms. The number of phenolic OH excluding ortho intramolecular Hbond substituents is 3. The van der Waals surface area contributed by atoms with Gasteiger partial charge in [-0.3, -0.25) is 4.79 Å². The Hall–Kier alpha value is -3.15. The lowest BCUT2D eigenvalue weighted by molar-refractivity contribution is 0.0538. The van der Waals surface area contributed by atoms with Crippen LogP contribution in [0, 0.1) is 0 Å². The molecule has 0 saturated carbocycles. The molecular weight excluding hydrogens is 396 g/mol. The molecule has 0 fully saturated rings. The van der Waals surface area contributed by atoms with E-state index in [2.05, 4.69) is 26.8 Å². The van der Waals surface area contributed by atoms with Crippen molar-refractivity contribution in [2.45, 2.75) is 64.6 Å². The molecule has 0 bridgehead atoms. The lowest BCUT2D eigenvalue weighted by Gasteiger charge is -2.38. The van der Waals surface area contributed by atoms with Crippen molar-refractivity contribution in [2.75, 3.05) is 0 Å². The second-order valence-corrected chi connectivity index (χ2v) is 8.93. The second kappa shape index (κ2) is 7.84. The third-order valence-corrected chi connectivity index (χ3v) is 6.08. The van der Waals surface area contributed by atoms with Crippen LogP contribution in [0.3, 0.4) is 0 Å². The number of fused-ring (bicyclic) bond motifs is 3. The molecule has 0 amide bonds. The molecule has 2 heterocycles. The lowest BCUT2D eigenvalue weighted by Crippen LogP contribution is -2.36. The summed E-state index contributed by atoms with van der Waals surface area (Å²) in [4.78, 5) is 12.9. The number of ether oxygens (including phenoxy) is 2. The number of allylic oxidation sites excluding steroid dienone is 2. The molecule has 0 saturated heterocycles. The molecule has 6 heteroatoms. The number of carbonyl (C=O) groups excluding carboxylic acids is 1. The van der Waals surface area contributed by atoms with Crippen molar-refractivity contribution in [3.63, 3.8) is 0 Å². The lowest BCUT2D eigenvalue weighted by atomic mass is 9.85. The first-order valence-electron chi connectivity index (χ1n) is 10.6. The zero-order valence-corrected chi connectivity index (χ0v) is 18.1. The summed E-state index contributed by atoms with van der Waals surface area (Å²) in [7, 11) is 0. The van der Waals surface area contributed by atoms with Crippen LogP contribution >= 0.6 is 0 Å². The Morgan fingerprint density at radius 3 is 2.68 bits per heavy atom. The topological polar surface area (TPSA) is 96.2 Å². The van der Waals surface area contributed by atoms with Gasteiger partial charge in [-0.1, -0.05) is 11.6 Å². The van der Waals surface area contributed by atoms with Gasteiger partial charge in [-0.25, -0.2) is 0 Å². The van der Waals surface area contributed by atoms with Crippen molar-refractivity contribution in [1.82, 2.24) is 0 Å². The Morgan fingerprint density at radius 2 is 1.97 bits per heavy atom. The molecule has 2 aliphatic rings. The maximum absolute atomic E-state index is 12.9. The van der Waals surface area contributed by atoms with E-state index in [1.54, 1.807) is 6.07 Å². The van der Waals surface area contributed by atoms with Gasteiger partial charge >= 0.3 is 0 Å². The van der Waals surface area contributed by atoms with Crippen molar-refractivity contribution in [1.29, 1.82) is 0 Å². The molecule has 0 radical (unpaired) electrons. The van der Waals surface area contributed by atoms with E-state index in [-0.39, 0.29) is 40.6 Å². The van der Waals surface area contributed by atoms with E-state index in [0.29, 0.717) is 23.5 Å². The Labute approximate surface area is 181 Å². The predicted octanol–water partition coefficient (Wildman–Crippen LogP) is 5.34. The molecule has 31 heavy (non-hydrogen) atoms. The Bertz CT molecular complexity index is 1070. The summed E-state index contributed by atoms with van der Waals surface area (Å²) in [6.07, 6.45) is 4.63. The molecular formula is C25H28O6. The first-order valence-corrected chi connectivity index (χ1v) is 10.6. The van der Waals surface area contributed by atoms with Gasteiger partial charge in [0.15, 0.2) is 5.78 Å². The van der Waals surface area contributed by atoms with Crippen LogP contribution in [0.4, 0.5) is 0 Å². The highest BCUT2D eigenvalue weighted by atomic mass is 16.5. The van der Waals surface area contributed by atoms with Crippen molar-refractivity contribution in [3.8, 4) is 28.7 Å². The van der Waals surface area contributed by atoms with Crippen LogP contribution in [-0.2, 0) is 6.42 Å². The number of phenols is 3. The number of hydrogen-bond acceptors (Lipinski definition) is 6. The van der Waals surface area contributed by atoms with Gasteiger partial charge in [0.25, 0.3) is 0 Å². The third-order valence-electron chi connectivity index (χ3n) is 6.08. The van der Waals surface area contributed by atoms with E-state index in [1.165, 1.54) is 23.8 Å². The maximum atomic E-state index is 12.9. The highest BCUT2D eigenvalue weighted by Gasteiger charge is 2.39. The van der Waals surface area contributed by atoms with E-state index in [4.69, 9.17) is 9.47 Å². The normalized spacial score (nSPS) is 22.0. The predicted molar refractivity (Wildman–Crippen MR) is 116 cm³/mol. The SMILES string of the molecule is CC(C)=CCCC1(C)CCc2c(cc(O)c3c2OC(c2ccc(O)cc2O)CC3=O)O1. The number of rotatable bonds is 4. The fraction of sp³-hybridized carbons (Fsp3) is 0.400. The second-order valence-electron chi connectivity index (χ2n) is 8.93. The van der Waals surface area contributed by atoms with Gasteiger partial charge in [0.1, 0.15) is 46.0 Å². The molecule has 0 aliphatic carbocycles. The average molecular weight is 424 g/mol. The molecule has 4 rings (SSSR count). The monoisotopic (exact) mass is 424 g/mol. The van der Waals surface area contributed by atoms with Crippen molar-refractivity contribution in [2.24, 2.45) is 0 Å². The van der Waals surface area contributed by atoms with Gasteiger partial charge < -0.3 is 24.8 Å². The maximum Gasteiger partial charge on any atom is 0.174 e. The summed E-state index contributed by atoms with van der Waals surface area (Å²) in [5.41, 5.74) is 2.25. The smallest absolute Gasteiger partial charge is 0.174 e. The number of aromatic hydroxyl groups is 3. The van der Waals surface area contributed by atoms with E-state index in [9.17, 15) is 20.1 Å². The Kier molecular flexibility index (Phi) is 5.33. The van der Waals surface area contributed by atoms with Gasteiger partial charge in [-0.15, -0.1) is 0 Å². The summed E-state index contributed by atoms with van der Waals surface area (Å²) in [6.45, 7) is 6.20. The molecule has 0 aromatic heterocycles. The highest BCUT2D eigenvalue weighted by Crippen LogP contribution is 2.50. The largest absolute Gasteiger partial charge is 0.508 e. The Balaban J connectivity index is 1.67. The fourth-order valence-corrected chi connectivity index (χ4v) is 4.37. The van der Waals surface area contributed by atoms with Gasteiger partial charge in [-0.2, -0.15) is 0 Å². The van der Waals surface area contributed by atoms with Crippen LogP contribution in [0.2, 0.25) is 0 Å². The van der Waals surface area contributed by atoms with Crippen LogP contribution in [0.25, 0.3) is 0 Å². The van der Waals surface area contributed by atoms with Crippen LogP contribution in [0.5, 0.6) is 28.7 Å². The van der Waals surface area contributed by atoms with Gasteiger partial charge in [0.05, 0.1) is 6.42 Å². The van der Waals surface area contributed by atoms with Crippen LogP contribution in [-0.4, -0.2) is 26.7 Å². The third kappa shape index (κ3) is 4.07. The van der Waals surface area contributed by atoms with E-state index >= 15 is 0 Å². The zero-order chi connectivity index (χ0) is 22.3. The van der Waals surface area contributed by atoms with Crippen LogP contribution < -0.4 is 9.47 Å². The summed E-state index contributed by atoms with van der Waals surface area (Å²) < 4.78 is 12.5. The summed E-state index contributed by atoms with van der Waals surface area (Å²) in [5, 5.41) is 30.4. The molecule has 2 aromatic carbocycles. The number of hydrogen-bond donors (Lipinski definition) is 3. The van der Waals surface area contributed by atoms with Crippen molar-refractivity contribution in [3.05, 3.63) is 52.6 Å². The molecule has 2 aromatic rings. The van der Waals surface area contributed by atoms with E-state index < -0.39 is 6.10 Å². The van der Waals surface area contributed by atoms with Crippen LogP contribution in [0.15, 0.2) is 35.9 Å². The summed E-state index contributed by atoms with van der Waals surface area (Å²) in [6, 6.07) is 5.72. The number of benzene rings is 2. The molecule has 6 nitrogen and oxygen atoms in total. The minimum Gasteiger partial charge on any atom is -0.508 e. The Morgan fingerprint density at radius 1 is 1.19 bits per heavy atom. The number of ketones is 1. The zero-order valence-electron chi connectivity index (χ0n) is 18.1. The molecule has 3 N–H and O–H groups in total. The van der Waals surface area contributed by atoms with Gasteiger partial charge in [-0.05, 0) is 58.6 Å². The highest BCUT2D eigenvalue weighted by molar-refractivity contribution is 6.03. The molecule has 2 atom stereocenters. The minimum absolute atomic E-state index is 0.0149. The quantitative estimate of drug-likeness (QED) is 0.573.